The first-order chi connectivity index (χ1) is 15.0. The predicted octanol–water partition coefficient (Wildman–Crippen LogP) is 4.18. The van der Waals surface area contributed by atoms with Gasteiger partial charge in [0, 0.05) is 38.3 Å². The predicted molar refractivity (Wildman–Crippen MR) is 123 cm³/mol. The molecule has 6 nitrogen and oxygen atoms in total. The first-order valence-corrected chi connectivity index (χ1v) is 11.5. The highest BCUT2D eigenvalue weighted by Crippen LogP contribution is 2.28. The number of amides is 1. The van der Waals surface area contributed by atoms with Gasteiger partial charge in [0.05, 0.1) is 5.25 Å². The van der Waals surface area contributed by atoms with Crippen molar-refractivity contribution in [3.8, 4) is 11.5 Å². The highest BCUT2D eigenvalue weighted by atomic mass is 32.2. The Morgan fingerprint density at radius 1 is 1.03 bits per heavy atom. The van der Waals surface area contributed by atoms with Crippen molar-refractivity contribution in [3.63, 3.8) is 0 Å². The van der Waals surface area contributed by atoms with Gasteiger partial charge < -0.3 is 9.32 Å². The van der Waals surface area contributed by atoms with Crippen LogP contribution in [-0.4, -0.2) is 57.3 Å². The number of carbonyl (C=O) groups is 1. The zero-order valence-corrected chi connectivity index (χ0v) is 19.1. The Morgan fingerprint density at radius 3 is 2.39 bits per heavy atom. The van der Waals surface area contributed by atoms with Gasteiger partial charge in [0.2, 0.25) is 11.8 Å². The molecule has 162 valence electrons. The van der Waals surface area contributed by atoms with Gasteiger partial charge in [0.15, 0.2) is 0 Å². The van der Waals surface area contributed by atoms with E-state index in [1.807, 2.05) is 43.9 Å². The number of aromatic nitrogens is 2. The standard InChI is InChI=1S/C24H28N4O2S/c1-17-13-18(2)15-21(14-17)22-25-26-24(30-22)31-19(3)23(29)28-11-9-27(10-12-28)16-20-7-5-4-6-8-20/h4-8,13-15,19H,9-12,16H2,1-3H3. The second-order valence-electron chi connectivity index (χ2n) is 8.10. The Morgan fingerprint density at radius 2 is 1.71 bits per heavy atom. The highest BCUT2D eigenvalue weighted by Gasteiger charge is 2.27. The molecule has 0 saturated carbocycles. The van der Waals surface area contributed by atoms with Crippen molar-refractivity contribution in [2.45, 2.75) is 37.8 Å². The monoisotopic (exact) mass is 436 g/mol. The van der Waals surface area contributed by atoms with Gasteiger partial charge >= 0.3 is 0 Å². The Labute approximate surface area is 187 Å². The Balaban J connectivity index is 1.31. The first kappa shape index (κ1) is 21.6. The van der Waals surface area contributed by atoms with Crippen LogP contribution in [0.3, 0.4) is 0 Å². The minimum atomic E-state index is -0.270. The van der Waals surface area contributed by atoms with E-state index in [1.54, 1.807) is 0 Å². The van der Waals surface area contributed by atoms with Crippen LogP contribution in [0.1, 0.15) is 23.6 Å². The summed E-state index contributed by atoms with van der Waals surface area (Å²) in [5, 5.41) is 8.48. The number of aryl methyl sites for hydroxylation is 2. The lowest BCUT2D eigenvalue weighted by atomic mass is 10.1. The van der Waals surface area contributed by atoms with Crippen LogP contribution in [0.5, 0.6) is 0 Å². The third kappa shape index (κ3) is 5.54. The molecular formula is C24H28N4O2S. The van der Waals surface area contributed by atoms with E-state index in [4.69, 9.17) is 4.42 Å². The lowest BCUT2D eigenvalue weighted by molar-refractivity contribution is -0.132. The average Bonchev–Trinajstić information content (AvgIpc) is 3.22. The lowest BCUT2D eigenvalue weighted by Crippen LogP contribution is -2.50. The minimum absolute atomic E-state index is 0.121. The fourth-order valence-electron chi connectivity index (χ4n) is 3.90. The summed E-state index contributed by atoms with van der Waals surface area (Å²) in [6.45, 7) is 10.2. The molecule has 0 bridgehead atoms. The smallest absolute Gasteiger partial charge is 0.277 e. The van der Waals surface area contributed by atoms with Gasteiger partial charge in [-0.05, 0) is 38.5 Å². The number of nitrogens with zero attached hydrogens (tertiary/aromatic N) is 4. The molecule has 0 aliphatic carbocycles. The molecule has 0 spiro atoms. The third-order valence-corrected chi connectivity index (χ3v) is 6.36. The van der Waals surface area contributed by atoms with Gasteiger partial charge in [0.1, 0.15) is 0 Å². The summed E-state index contributed by atoms with van der Waals surface area (Å²) in [5.41, 5.74) is 4.52. The molecule has 1 saturated heterocycles. The number of thioether (sulfide) groups is 1. The van der Waals surface area contributed by atoms with Gasteiger partial charge in [-0.2, -0.15) is 0 Å². The molecule has 1 aliphatic rings. The van der Waals surface area contributed by atoms with Crippen LogP contribution in [0.2, 0.25) is 0 Å². The second kappa shape index (κ2) is 9.66. The molecule has 2 heterocycles. The van der Waals surface area contributed by atoms with Crippen LogP contribution in [0.15, 0.2) is 58.2 Å². The maximum atomic E-state index is 12.9. The molecular weight excluding hydrogens is 408 g/mol. The number of rotatable bonds is 6. The maximum absolute atomic E-state index is 12.9. The molecule has 1 amide bonds. The van der Waals surface area contributed by atoms with E-state index in [9.17, 15) is 4.79 Å². The van der Waals surface area contributed by atoms with Crippen LogP contribution in [0.4, 0.5) is 0 Å². The molecule has 31 heavy (non-hydrogen) atoms. The number of hydrogen-bond acceptors (Lipinski definition) is 6. The normalized spacial score (nSPS) is 15.8. The van der Waals surface area contributed by atoms with Crippen molar-refractivity contribution in [2.75, 3.05) is 26.2 Å². The van der Waals surface area contributed by atoms with E-state index in [0.29, 0.717) is 11.1 Å². The molecule has 1 atom stereocenters. The second-order valence-corrected chi connectivity index (χ2v) is 9.39. The van der Waals surface area contributed by atoms with Crippen molar-refractivity contribution in [1.82, 2.24) is 20.0 Å². The van der Waals surface area contributed by atoms with E-state index in [0.717, 1.165) is 49.4 Å². The van der Waals surface area contributed by atoms with Crippen molar-refractivity contribution >= 4 is 17.7 Å². The van der Waals surface area contributed by atoms with Gasteiger partial charge in [-0.1, -0.05) is 59.3 Å². The van der Waals surface area contributed by atoms with Gasteiger partial charge in [0.25, 0.3) is 5.22 Å². The average molecular weight is 437 g/mol. The number of piperazine rings is 1. The fraction of sp³-hybridized carbons (Fsp3) is 0.375. The number of hydrogen-bond donors (Lipinski definition) is 0. The molecule has 1 aliphatic heterocycles. The van der Waals surface area contributed by atoms with Gasteiger partial charge in [-0.25, -0.2) is 0 Å². The maximum Gasteiger partial charge on any atom is 0.277 e. The summed E-state index contributed by atoms with van der Waals surface area (Å²) >= 11 is 1.33. The Hall–Kier alpha value is -2.64. The molecule has 3 aromatic rings. The van der Waals surface area contributed by atoms with E-state index >= 15 is 0 Å². The van der Waals surface area contributed by atoms with Crippen molar-refractivity contribution in [1.29, 1.82) is 0 Å². The lowest BCUT2D eigenvalue weighted by Gasteiger charge is -2.35. The van der Waals surface area contributed by atoms with Crippen molar-refractivity contribution in [2.24, 2.45) is 0 Å². The molecule has 1 fully saturated rings. The van der Waals surface area contributed by atoms with E-state index in [1.165, 1.54) is 17.3 Å². The largest absolute Gasteiger partial charge is 0.411 e. The Bertz CT molecular complexity index is 1010. The number of carbonyl (C=O) groups excluding carboxylic acids is 1. The summed E-state index contributed by atoms with van der Waals surface area (Å²) in [5.74, 6) is 0.610. The van der Waals surface area contributed by atoms with Crippen molar-refractivity contribution < 1.29 is 9.21 Å². The molecule has 1 aromatic heterocycles. The molecule has 7 heteroatoms. The summed E-state index contributed by atoms with van der Waals surface area (Å²) in [7, 11) is 0. The van der Waals surface area contributed by atoms with Crippen LogP contribution in [0.25, 0.3) is 11.5 Å². The van der Waals surface area contributed by atoms with E-state index in [-0.39, 0.29) is 11.2 Å². The third-order valence-electron chi connectivity index (χ3n) is 5.43. The minimum Gasteiger partial charge on any atom is -0.411 e. The highest BCUT2D eigenvalue weighted by molar-refractivity contribution is 8.00. The fourth-order valence-corrected chi connectivity index (χ4v) is 4.67. The zero-order valence-electron chi connectivity index (χ0n) is 18.2. The van der Waals surface area contributed by atoms with Crippen LogP contribution < -0.4 is 0 Å². The quantitative estimate of drug-likeness (QED) is 0.540. The van der Waals surface area contributed by atoms with Gasteiger partial charge in [-0.15, -0.1) is 10.2 Å². The molecule has 4 rings (SSSR count). The van der Waals surface area contributed by atoms with Gasteiger partial charge in [-0.3, -0.25) is 9.69 Å². The van der Waals surface area contributed by atoms with E-state index in [2.05, 4.69) is 45.4 Å². The molecule has 0 radical (unpaired) electrons. The van der Waals surface area contributed by atoms with Crippen LogP contribution in [-0.2, 0) is 11.3 Å². The Kier molecular flexibility index (Phi) is 6.73. The zero-order chi connectivity index (χ0) is 21.8. The van der Waals surface area contributed by atoms with Crippen LogP contribution >= 0.6 is 11.8 Å². The van der Waals surface area contributed by atoms with E-state index < -0.39 is 0 Å². The SMILES string of the molecule is Cc1cc(C)cc(-c2nnc(SC(C)C(=O)N3CCN(Cc4ccccc4)CC3)o2)c1. The summed E-state index contributed by atoms with van der Waals surface area (Å²) in [4.78, 5) is 17.3. The topological polar surface area (TPSA) is 62.5 Å². The molecule has 2 aromatic carbocycles. The number of benzene rings is 2. The molecule has 1 unspecified atom stereocenters. The summed E-state index contributed by atoms with van der Waals surface area (Å²) in [6.07, 6.45) is 0. The first-order valence-electron chi connectivity index (χ1n) is 10.6. The molecule has 0 N–H and O–H groups in total. The van der Waals surface area contributed by atoms with Crippen molar-refractivity contribution in [3.05, 3.63) is 65.2 Å². The summed E-state index contributed by atoms with van der Waals surface area (Å²) < 4.78 is 5.83. The van der Waals surface area contributed by atoms with Crippen LogP contribution in [0, 0.1) is 13.8 Å². The summed E-state index contributed by atoms with van der Waals surface area (Å²) in [6, 6.07) is 16.6.